The van der Waals surface area contributed by atoms with Crippen molar-refractivity contribution < 1.29 is 4.74 Å². The minimum absolute atomic E-state index is 0.414. The Balaban J connectivity index is 1.53. The summed E-state index contributed by atoms with van der Waals surface area (Å²) in [6.07, 6.45) is 7.40. The molecule has 3 rings (SSSR count). The number of hydrogen-bond acceptors (Lipinski definition) is 4. The van der Waals surface area contributed by atoms with Crippen LogP contribution in [0.25, 0.3) is 0 Å². The van der Waals surface area contributed by atoms with E-state index >= 15 is 0 Å². The van der Waals surface area contributed by atoms with Gasteiger partial charge >= 0.3 is 0 Å². The highest BCUT2D eigenvalue weighted by Gasteiger charge is 2.36. The summed E-state index contributed by atoms with van der Waals surface area (Å²) in [5.74, 6) is 0. The van der Waals surface area contributed by atoms with E-state index in [9.17, 15) is 0 Å². The lowest BCUT2D eigenvalue weighted by atomic mass is 9.80. The van der Waals surface area contributed by atoms with Crippen molar-refractivity contribution in [2.45, 2.75) is 43.7 Å². The van der Waals surface area contributed by atoms with E-state index in [-0.39, 0.29) is 0 Å². The summed E-state index contributed by atoms with van der Waals surface area (Å²) in [5.41, 5.74) is 0.428. The van der Waals surface area contributed by atoms with E-state index in [1.165, 1.54) is 45.2 Å². The van der Waals surface area contributed by atoms with Crippen molar-refractivity contribution in [2.24, 2.45) is 0 Å². The highest BCUT2D eigenvalue weighted by molar-refractivity contribution is 4.97. The topological polar surface area (TPSA) is 27.7 Å². The van der Waals surface area contributed by atoms with Crippen LogP contribution in [0.1, 0.15) is 32.1 Å². The van der Waals surface area contributed by atoms with Crippen molar-refractivity contribution in [1.29, 1.82) is 0 Å². The van der Waals surface area contributed by atoms with E-state index in [1.54, 1.807) is 0 Å². The maximum Gasteiger partial charge on any atom is 0.0829 e. The summed E-state index contributed by atoms with van der Waals surface area (Å²) in [4.78, 5) is 5.04. The van der Waals surface area contributed by atoms with Gasteiger partial charge in [-0.2, -0.15) is 0 Å². The van der Waals surface area contributed by atoms with Gasteiger partial charge in [0.05, 0.1) is 12.7 Å². The normalized spacial score (nSPS) is 33.6. The molecule has 1 unspecified atom stereocenters. The average molecular weight is 267 g/mol. The van der Waals surface area contributed by atoms with Gasteiger partial charge in [-0.25, -0.2) is 0 Å². The first kappa shape index (κ1) is 13.8. The molecular weight excluding hydrogens is 238 g/mol. The molecule has 0 radical (unpaired) electrons. The van der Waals surface area contributed by atoms with Gasteiger partial charge in [0.15, 0.2) is 0 Å². The van der Waals surface area contributed by atoms with Gasteiger partial charge in [0, 0.05) is 44.8 Å². The number of piperazine rings is 1. The minimum Gasteiger partial charge on any atom is -0.374 e. The number of rotatable bonds is 2. The van der Waals surface area contributed by atoms with Crippen LogP contribution in [0.15, 0.2) is 0 Å². The summed E-state index contributed by atoms with van der Waals surface area (Å²) < 4.78 is 5.92. The number of likely N-dealkylation sites (N-methyl/N-ethyl adjacent to an activating group) is 1. The third-order valence-electron chi connectivity index (χ3n) is 5.07. The second-order valence-corrected chi connectivity index (χ2v) is 6.76. The molecule has 0 aromatic rings. The van der Waals surface area contributed by atoms with Crippen LogP contribution >= 0.6 is 0 Å². The first-order chi connectivity index (χ1) is 9.26. The fourth-order valence-corrected chi connectivity index (χ4v) is 4.03. The van der Waals surface area contributed by atoms with Gasteiger partial charge in [0.2, 0.25) is 0 Å². The highest BCUT2D eigenvalue weighted by Crippen LogP contribution is 2.30. The van der Waals surface area contributed by atoms with E-state index in [0.29, 0.717) is 11.6 Å². The number of morpholine rings is 1. The first-order valence-corrected chi connectivity index (χ1v) is 8.03. The van der Waals surface area contributed by atoms with E-state index in [4.69, 9.17) is 4.74 Å². The van der Waals surface area contributed by atoms with Crippen LogP contribution in [0.2, 0.25) is 0 Å². The monoisotopic (exact) mass is 267 g/mol. The van der Waals surface area contributed by atoms with Gasteiger partial charge in [0.25, 0.3) is 0 Å². The molecule has 3 aliphatic rings. The van der Waals surface area contributed by atoms with Crippen molar-refractivity contribution in [3.63, 3.8) is 0 Å². The molecule has 4 heteroatoms. The molecule has 1 aliphatic carbocycles. The Hall–Kier alpha value is -0.160. The van der Waals surface area contributed by atoms with Crippen LogP contribution in [0.4, 0.5) is 0 Å². The fraction of sp³-hybridized carbons (Fsp3) is 1.00. The van der Waals surface area contributed by atoms with Gasteiger partial charge in [0.1, 0.15) is 0 Å². The van der Waals surface area contributed by atoms with Crippen molar-refractivity contribution >= 4 is 0 Å². The summed E-state index contributed by atoms with van der Waals surface area (Å²) >= 11 is 0. The molecule has 1 spiro atoms. The lowest BCUT2D eigenvalue weighted by molar-refractivity contribution is -0.0441. The lowest BCUT2D eigenvalue weighted by Gasteiger charge is -2.47. The Morgan fingerprint density at radius 2 is 2.05 bits per heavy atom. The predicted octanol–water partition coefficient (Wildman–Crippen LogP) is 0.925. The summed E-state index contributed by atoms with van der Waals surface area (Å²) in [6, 6.07) is 0. The predicted molar refractivity (Wildman–Crippen MR) is 77.5 cm³/mol. The smallest absolute Gasteiger partial charge is 0.0829 e. The van der Waals surface area contributed by atoms with Gasteiger partial charge < -0.3 is 15.0 Å². The summed E-state index contributed by atoms with van der Waals surface area (Å²) in [5, 5.41) is 3.82. The summed E-state index contributed by atoms with van der Waals surface area (Å²) in [7, 11) is 2.20. The molecule has 19 heavy (non-hydrogen) atoms. The van der Waals surface area contributed by atoms with Crippen LogP contribution in [0.5, 0.6) is 0 Å². The molecule has 0 bridgehead atoms. The Bertz CT molecular complexity index is 286. The standard InChI is InChI=1S/C15H29N3O/c1-17-9-10-19-14(11-17)12-18-8-7-16-15(13-18)5-3-2-4-6-15/h14,16H,2-13H2,1H3. The van der Waals surface area contributed by atoms with Crippen LogP contribution < -0.4 is 5.32 Å². The van der Waals surface area contributed by atoms with Crippen molar-refractivity contribution in [1.82, 2.24) is 15.1 Å². The SMILES string of the molecule is CN1CCOC(CN2CCNC3(CCCCC3)C2)C1. The molecule has 2 heterocycles. The molecule has 2 saturated heterocycles. The molecule has 3 fully saturated rings. The van der Waals surface area contributed by atoms with Crippen LogP contribution in [0.3, 0.4) is 0 Å². The zero-order valence-corrected chi connectivity index (χ0v) is 12.4. The van der Waals surface area contributed by atoms with E-state index in [2.05, 4.69) is 22.2 Å². The van der Waals surface area contributed by atoms with Crippen LogP contribution in [0, 0.1) is 0 Å². The van der Waals surface area contributed by atoms with Gasteiger partial charge in [-0.3, -0.25) is 4.90 Å². The minimum atomic E-state index is 0.414. The van der Waals surface area contributed by atoms with Gasteiger partial charge in [-0.1, -0.05) is 19.3 Å². The Labute approximate surface area is 117 Å². The molecule has 0 amide bonds. The first-order valence-electron chi connectivity index (χ1n) is 8.03. The quantitative estimate of drug-likeness (QED) is 0.805. The van der Waals surface area contributed by atoms with E-state index in [0.717, 1.165) is 32.8 Å². The highest BCUT2D eigenvalue weighted by atomic mass is 16.5. The molecular formula is C15H29N3O. The molecule has 1 atom stereocenters. The third-order valence-corrected chi connectivity index (χ3v) is 5.07. The molecule has 2 aliphatic heterocycles. The van der Waals surface area contributed by atoms with E-state index in [1.807, 2.05) is 0 Å². The second-order valence-electron chi connectivity index (χ2n) is 6.76. The third kappa shape index (κ3) is 3.48. The molecule has 4 nitrogen and oxygen atoms in total. The molecule has 0 aromatic heterocycles. The summed E-state index contributed by atoms with van der Waals surface area (Å²) in [6.45, 7) is 7.77. The molecule has 110 valence electrons. The number of ether oxygens (including phenoxy) is 1. The number of nitrogens with one attached hydrogen (secondary N) is 1. The van der Waals surface area contributed by atoms with Crippen molar-refractivity contribution in [2.75, 3.05) is 52.9 Å². The van der Waals surface area contributed by atoms with Crippen LogP contribution in [-0.4, -0.2) is 74.4 Å². The fourth-order valence-electron chi connectivity index (χ4n) is 4.03. The van der Waals surface area contributed by atoms with E-state index < -0.39 is 0 Å². The Morgan fingerprint density at radius 1 is 1.21 bits per heavy atom. The van der Waals surface area contributed by atoms with Crippen molar-refractivity contribution in [3.8, 4) is 0 Å². The van der Waals surface area contributed by atoms with Crippen LogP contribution in [-0.2, 0) is 4.74 Å². The molecule has 0 aromatic carbocycles. The zero-order chi connectivity index (χ0) is 13.1. The average Bonchev–Trinajstić information content (AvgIpc) is 2.40. The maximum absolute atomic E-state index is 5.92. The van der Waals surface area contributed by atoms with Crippen molar-refractivity contribution in [3.05, 3.63) is 0 Å². The van der Waals surface area contributed by atoms with Gasteiger partial charge in [-0.05, 0) is 19.9 Å². The Kier molecular flexibility index (Phi) is 4.42. The molecule has 1 saturated carbocycles. The lowest BCUT2D eigenvalue weighted by Crippen LogP contribution is -2.62. The number of hydrogen-bond donors (Lipinski definition) is 1. The van der Waals surface area contributed by atoms with Gasteiger partial charge in [-0.15, -0.1) is 0 Å². The number of nitrogens with zero attached hydrogens (tertiary/aromatic N) is 2. The zero-order valence-electron chi connectivity index (χ0n) is 12.4. The maximum atomic E-state index is 5.92. The Morgan fingerprint density at radius 3 is 2.84 bits per heavy atom. The largest absolute Gasteiger partial charge is 0.374 e. The molecule has 1 N–H and O–H groups in total. The second kappa shape index (κ2) is 6.08.